The van der Waals surface area contributed by atoms with E-state index in [1.807, 2.05) is 30.3 Å². The fourth-order valence-corrected chi connectivity index (χ4v) is 2.91. The van der Waals surface area contributed by atoms with Crippen molar-refractivity contribution in [1.29, 1.82) is 0 Å². The molecule has 2 nitrogen and oxygen atoms in total. The number of benzene rings is 1. The topological polar surface area (TPSA) is 29.5 Å². The number of ether oxygens (including phenoxy) is 1. The lowest BCUT2D eigenvalue weighted by Crippen LogP contribution is -2.30. The molecule has 0 radical (unpaired) electrons. The van der Waals surface area contributed by atoms with Crippen LogP contribution < -0.4 is 0 Å². The molecule has 2 rings (SSSR count). The van der Waals surface area contributed by atoms with Gasteiger partial charge in [-0.1, -0.05) is 37.3 Å². The molecule has 1 fully saturated rings. The van der Waals surface area contributed by atoms with Crippen LogP contribution >= 0.6 is 11.8 Å². The summed E-state index contributed by atoms with van der Waals surface area (Å²) in [6.07, 6.45) is -0.330. The van der Waals surface area contributed by atoms with E-state index >= 15 is 0 Å². The molecule has 0 spiro atoms. The smallest absolute Gasteiger partial charge is 0.0962 e. The fraction of sp³-hybridized carbons (Fsp3) is 0.500. The van der Waals surface area contributed by atoms with Crippen molar-refractivity contribution < 1.29 is 9.84 Å². The van der Waals surface area contributed by atoms with Gasteiger partial charge >= 0.3 is 0 Å². The van der Waals surface area contributed by atoms with Crippen molar-refractivity contribution in [3.63, 3.8) is 0 Å². The molecule has 0 unspecified atom stereocenters. The molecule has 1 aliphatic rings. The Balaban J connectivity index is 1.88. The van der Waals surface area contributed by atoms with Gasteiger partial charge in [0.1, 0.15) is 0 Å². The van der Waals surface area contributed by atoms with Gasteiger partial charge in [-0.2, -0.15) is 11.8 Å². The third kappa shape index (κ3) is 2.74. The second-order valence-corrected chi connectivity index (χ2v) is 5.28. The normalized spacial score (nSPS) is 30.7. The molecule has 1 aromatic carbocycles. The van der Waals surface area contributed by atoms with Gasteiger partial charge in [-0.05, 0) is 5.56 Å². The van der Waals surface area contributed by atoms with Crippen LogP contribution in [0.4, 0.5) is 0 Å². The highest BCUT2D eigenvalue weighted by Gasteiger charge is 2.33. The Bertz CT molecular complexity index is 292. The molecular weight excluding hydrogens is 208 g/mol. The Morgan fingerprint density at radius 2 is 2.13 bits per heavy atom. The van der Waals surface area contributed by atoms with Crippen LogP contribution in [-0.2, 0) is 11.3 Å². The monoisotopic (exact) mass is 224 g/mol. The molecule has 0 amide bonds. The minimum Gasteiger partial charge on any atom is -0.390 e. The average molecular weight is 224 g/mol. The van der Waals surface area contributed by atoms with Crippen LogP contribution in [0.5, 0.6) is 0 Å². The van der Waals surface area contributed by atoms with E-state index in [1.165, 1.54) is 0 Å². The van der Waals surface area contributed by atoms with Crippen LogP contribution in [0, 0.1) is 0 Å². The van der Waals surface area contributed by atoms with Crippen molar-refractivity contribution in [2.75, 3.05) is 5.75 Å². The van der Waals surface area contributed by atoms with Crippen LogP contribution in [0.25, 0.3) is 0 Å². The SMILES string of the molecule is C[C@H]1SC[C@H](O)[C@@H]1OCc1ccccc1. The van der Waals surface area contributed by atoms with Gasteiger partial charge in [0.2, 0.25) is 0 Å². The third-order valence-corrected chi connectivity index (χ3v) is 3.99. The van der Waals surface area contributed by atoms with Crippen molar-refractivity contribution in [3.05, 3.63) is 35.9 Å². The van der Waals surface area contributed by atoms with Crippen molar-refractivity contribution in [3.8, 4) is 0 Å². The molecule has 0 aliphatic carbocycles. The molecular formula is C12H16O2S. The van der Waals surface area contributed by atoms with E-state index in [2.05, 4.69) is 6.92 Å². The van der Waals surface area contributed by atoms with Crippen molar-refractivity contribution in [2.45, 2.75) is 31.0 Å². The fourth-order valence-electron chi connectivity index (χ4n) is 1.77. The lowest BCUT2D eigenvalue weighted by Gasteiger charge is -2.18. The predicted molar refractivity (Wildman–Crippen MR) is 62.9 cm³/mol. The standard InChI is InChI=1S/C12H16O2S/c1-9-12(11(13)8-15-9)14-7-10-5-3-2-4-6-10/h2-6,9,11-13H,7-8H2,1H3/t9-,11+,12-/m1/s1. The second-order valence-electron chi connectivity index (χ2n) is 3.87. The largest absolute Gasteiger partial charge is 0.390 e. The number of aliphatic hydroxyl groups is 1. The highest BCUT2D eigenvalue weighted by molar-refractivity contribution is 8.00. The van der Waals surface area contributed by atoms with Crippen molar-refractivity contribution >= 4 is 11.8 Å². The summed E-state index contributed by atoms with van der Waals surface area (Å²) in [4.78, 5) is 0. The number of hydrogen-bond acceptors (Lipinski definition) is 3. The maximum atomic E-state index is 9.69. The Kier molecular flexibility index (Phi) is 3.67. The average Bonchev–Trinajstić information content (AvgIpc) is 2.58. The quantitative estimate of drug-likeness (QED) is 0.852. The first-order valence-electron chi connectivity index (χ1n) is 5.22. The van der Waals surface area contributed by atoms with Crippen LogP contribution in [-0.4, -0.2) is 28.3 Å². The van der Waals surface area contributed by atoms with E-state index in [1.54, 1.807) is 11.8 Å². The molecule has 0 bridgehead atoms. The summed E-state index contributed by atoms with van der Waals surface area (Å²) in [6, 6.07) is 10.1. The van der Waals surface area contributed by atoms with Gasteiger partial charge in [0.25, 0.3) is 0 Å². The summed E-state index contributed by atoms with van der Waals surface area (Å²) < 4.78 is 5.74. The first-order chi connectivity index (χ1) is 7.27. The van der Waals surface area contributed by atoms with E-state index in [4.69, 9.17) is 4.74 Å². The number of aliphatic hydroxyl groups excluding tert-OH is 1. The first-order valence-corrected chi connectivity index (χ1v) is 6.27. The van der Waals surface area contributed by atoms with Crippen molar-refractivity contribution in [2.24, 2.45) is 0 Å². The zero-order chi connectivity index (χ0) is 10.7. The molecule has 1 aromatic rings. The maximum Gasteiger partial charge on any atom is 0.0962 e. The first kappa shape index (κ1) is 11.0. The lowest BCUT2D eigenvalue weighted by molar-refractivity contribution is -0.0279. The molecule has 15 heavy (non-hydrogen) atoms. The Hall–Kier alpha value is -0.510. The third-order valence-electron chi connectivity index (χ3n) is 2.66. The van der Waals surface area contributed by atoms with Gasteiger partial charge in [0, 0.05) is 11.0 Å². The van der Waals surface area contributed by atoms with E-state index in [0.717, 1.165) is 11.3 Å². The molecule has 1 saturated heterocycles. The van der Waals surface area contributed by atoms with Crippen LogP contribution in [0.1, 0.15) is 12.5 Å². The van der Waals surface area contributed by atoms with Gasteiger partial charge in [-0.3, -0.25) is 0 Å². The highest BCUT2D eigenvalue weighted by atomic mass is 32.2. The number of hydrogen-bond donors (Lipinski definition) is 1. The molecule has 0 aromatic heterocycles. The molecule has 82 valence electrons. The molecule has 1 aliphatic heterocycles. The van der Waals surface area contributed by atoms with E-state index in [9.17, 15) is 5.11 Å². The molecule has 3 atom stereocenters. The summed E-state index contributed by atoms with van der Waals surface area (Å²) >= 11 is 1.77. The number of thioether (sulfide) groups is 1. The zero-order valence-corrected chi connectivity index (χ0v) is 9.61. The summed E-state index contributed by atoms with van der Waals surface area (Å²) in [7, 11) is 0. The summed E-state index contributed by atoms with van der Waals surface area (Å²) in [5, 5.41) is 10.1. The zero-order valence-electron chi connectivity index (χ0n) is 8.80. The second kappa shape index (κ2) is 5.01. The molecule has 3 heteroatoms. The van der Waals surface area contributed by atoms with Crippen molar-refractivity contribution in [1.82, 2.24) is 0 Å². The Morgan fingerprint density at radius 3 is 2.73 bits per heavy atom. The highest BCUT2D eigenvalue weighted by Crippen LogP contribution is 2.29. The number of rotatable bonds is 3. The van der Waals surface area contributed by atoms with Crippen LogP contribution in [0.15, 0.2) is 30.3 Å². The Labute approximate surface area is 94.6 Å². The Morgan fingerprint density at radius 1 is 1.40 bits per heavy atom. The van der Waals surface area contributed by atoms with Gasteiger partial charge < -0.3 is 9.84 Å². The van der Waals surface area contributed by atoms with E-state index < -0.39 is 0 Å². The molecule has 1 N–H and O–H groups in total. The van der Waals surface area contributed by atoms with Gasteiger partial charge in [0.05, 0.1) is 18.8 Å². The minimum absolute atomic E-state index is 0.0183. The van der Waals surface area contributed by atoms with E-state index in [-0.39, 0.29) is 12.2 Å². The minimum atomic E-state index is -0.311. The summed E-state index contributed by atoms with van der Waals surface area (Å²) in [5.74, 6) is 0.792. The molecule has 0 saturated carbocycles. The van der Waals surface area contributed by atoms with Crippen LogP contribution in [0.2, 0.25) is 0 Å². The van der Waals surface area contributed by atoms with Crippen LogP contribution in [0.3, 0.4) is 0 Å². The van der Waals surface area contributed by atoms with Gasteiger partial charge in [0.15, 0.2) is 0 Å². The lowest BCUT2D eigenvalue weighted by atomic mass is 10.2. The maximum absolute atomic E-state index is 9.69. The predicted octanol–water partition coefficient (Wildman–Crippen LogP) is 2.07. The van der Waals surface area contributed by atoms with Gasteiger partial charge in [-0.15, -0.1) is 0 Å². The summed E-state index contributed by atoms with van der Waals surface area (Å²) in [6.45, 7) is 2.70. The van der Waals surface area contributed by atoms with Gasteiger partial charge in [-0.25, -0.2) is 0 Å². The molecule has 1 heterocycles. The van der Waals surface area contributed by atoms with E-state index in [0.29, 0.717) is 11.9 Å². The summed E-state index contributed by atoms with van der Waals surface area (Å²) in [5.41, 5.74) is 1.16.